The number of anilines is 3. The molecule has 1 unspecified atom stereocenters. The van der Waals surface area contributed by atoms with Crippen LogP contribution in [0.2, 0.25) is 0 Å². The lowest BCUT2D eigenvalue weighted by Crippen LogP contribution is -2.19. The Labute approximate surface area is 167 Å². The summed E-state index contributed by atoms with van der Waals surface area (Å²) in [6.45, 7) is 2.14. The zero-order chi connectivity index (χ0) is 19.3. The second-order valence-electron chi connectivity index (χ2n) is 6.62. The maximum Gasteiger partial charge on any atom is 0.123 e. The van der Waals surface area contributed by atoms with Crippen molar-refractivity contribution in [2.24, 2.45) is 0 Å². The van der Waals surface area contributed by atoms with Crippen LogP contribution in [0.3, 0.4) is 0 Å². The summed E-state index contributed by atoms with van der Waals surface area (Å²) in [6, 6.07) is 34.8. The highest BCUT2D eigenvalue weighted by atomic mass is 31.1. The summed E-state index contributed by atoms with van der Waals surface area (Å²) < 4.78 is 0. The third-order valence-corrected chi connectivity index (χ3v) is 6.28. The Morgan fingerprint density at radius 2 is 1.21 bits per heavy atom. The molecule has 0 aliphatic carbocycles. The van der Waals surface area contributed by atoms with E-state index < -0.39 is 0 Å². The highest BCUT2D eigenvalue weighted by molar-refractivity contribution is 7.56. The van der Waals surface area contributed by atoms with Crippen LogP contribution in [0.1, 0.15) is 5.56 Å². The fourth-order valence-corrected chi connectivity index (χ4v) is 4.56. The lowest BCUT2D eigenvalue weighted by molar-refractivity contribution is 0.480. The van der Waals surface area contributed by atoms with Crippen LogP contribution in [-0.2, 0) is 0 Å². The van der Waals surface area contributed by atoms with Gasteiger partial charge in [-0.2, -0.15) is 0 Å². The van der Waals surface area contributed by atoms with Gasteiger partial charge in [-0.15, -0.1) is 0 Å². The average molecular weight is 383 g/mol. The molecule has 0 saturated carbocycles. The Balaban J connectivity index is 1.88. The molecule has 0 bridgehead atoms. The Hall–Kier alpha value is -3.09. The second kappa shape index (κ2) is 8.29. The Morgan fingerprint density at radius 3 is 1.82 bits per heavy atom. The first-order chi connectivity index (χ1) is 13.7. The zero-order valence-electron chi connectivity index (χ0n) is 15.7. The topological polar surface area (TPSA) is 23.5 Å². The molecule has 2 nitrogen and oxygen atoms in total. The van der Waals surface area contributed by atoms with Crippen molar-refractivity contribution < 1.29 is 5.11 Å². The lowest BCUT2D eigenvalue weighted by Gasteiger charge is -2.28. The largest absolute Gasteiger partial charge is 0.507 e. The number of nitrogens with zero attached hydrogens (tertiary/aromatic N) is 1. The van der Waals surface area contributed by atoms with Crippen molar-refractivity contribution in [2.45, 2.75) is 6.92 Å². The molecule has 0 aliphatic heterocycles. The Bertz CT molecular complexity index is 1020. The van der Waals surface area contributed by atoms with Gasteiger partial charge >= 0.3 is 0 Å². The van der Waals surface area contributed by atoms with Crippen LogP contribution < -0.4 is 15.5 Å². The highest BCUT2D eigenvalue weighted by Gasteiger charge is 2.18. The summed E-state index contributed by atoms with van der Waals surface area (Å²) >= 11 is 0. The lowest BCUT2D eigenvalue weighted by atomic mass is 10.1. The van der Waals surface area contributed by atoms with E-state index in [1.807, 2.05) is 30.3 Å². The number of phenols is 1. The molecule has 3 heteroatoms. The molecule has 0 aromatic heterocycles. The molecule has 0 spiro atoms. The predicted molar refractivity (Wildman–Crippen MR) is 122 cm³/mol. The van der Waals surface area contributed by atoms with Crippen molar-refractivity contribution in [1.29, 1.82) is 0 Å². The molecule has 0 aliphatic rings. The van der Waals surface area contributed by atoms with Crippen molar-refractivity contribution in [3.63, 3.8) is 0 Å². The normalized spacial score (nSPS) is 11.0. The van der Waals surface area contributed by atoms with E-state index in [2.05, 4.69) is 78.6 Å². The molecule has 0 heterocycles. The van der Waals surface area contributed by atoms with Crippen molar-refractivity contribution in [2.75, 3.05) is 4.90 Å². The van der Waals surface area contributed by atoms with Gasteiger partial charge < -0.3 is 10.0 Å². The van der Waals surface area contributed by atoms with Gasteiger partial charge in [0.2, 0.25) is 0 Å². The number of aryl methyl sites for hydroxylation is 1. The van der Waals surface area contributed by atoms with Crippen molar-refractivity contribution in [1.82, 2.24) is 0 Å². The number of hydrogen-bond donors (Lipinski definition) is 1. The molecule has 4 aromatic carbocycles. The maximum atomic E-state index is 10.3. The summed E-state index contributed by atoms with van der Waals surface area (Å²) in [5, 5.41) is 12.5. The fraction of sp³-hybridized carbons (Fsp3) is 0.0400. The zero-order valence-corrected chi connectivity index (χ0v) is 16.7. The van der Waals surface area contributed by atoms with E-state index in [1.54, 1.807) is 6.07 Å². The number of benzene rings is 4. The summed E-state index contributed by atoms with van der Waals surface area (Å²) in [5.41, 5.74) is 4.58. The summed E-state index contributed by atoms with van der Waals surface area (Å²) in [5.74, 6) is 0.348. The van der Waals surface area contributed by atoms with Crippen LogP contribution in [0.25, 0.3) is 0 Å². The van der Waals surface area contributed by atoms with Gasteiger partial charge in [-0.1, -0.05) is 75.3 Å². The smallest absolute Gasteiger partial charge is 0.123 e. The molecule has 4 rings (SSSR count). The third kappa shape index (κ3) is 3.78. The van der Waals surface area contributed by atoms with Gasteiger partial charge in [-0.05, 0) is 48.9 Å². The number of phenolic OH excluding ortho intramolecular Hbond substituents is 1. The molecule has 1 N–H and O–H groups in total. The number of aromatic hydroxyl groups is 1. The first-order valence-electron chi connectivity index (χ1n) is 9.29. The Morgan fingerprint density at radius 1 is 0.643 bits per heavy atom. The minimum absolute atomic E-state index is 0.348. The Kier molecular flexibility index (Phi) is 5.41. The van der Waals surface area contributed by atoms with Gasteiger partial charge in [0.05, 0.1) is 5.69 Å². The number of hydrogen-bond acceptors (Lipinski definition) is 2. The molecular weight excluding hydrogens is 361 g/mol. The standard InChI is InChI=1S/C25H22NOP/c1-19-11-10-16-22(25(19)28-24-18-9-8-17-23(24)27)26(20-12-4-2-5-13-20)21-14-6-3-7-15-21/h2-18,27-28H,1H3. The average Bonchev–Trinajstić information content (AvgIpc) is 2.74. The first-order valence-corrected chi connectivity index (χ1v) is 10.3. The van der Waals surface area contributed by atoms with Crippen LogP contribution >= 0.6 is 8.58 Å². The van der Waals surface area contributed by atoms with Crippen LogP contribution in [0.4, 0.5) is 17.1 Å². The van der Waals surface area contributed by atoms with Gasteiger partial charge in [-0.3, -0.25) is 0 Å². The molecule has 0 saturated heterocycles. The van der Waals surface area contributed by atoms with Gasteiger partial charge in [0, 0.05) is 22.0 Å². The van der Waals surface area contributed by atoms with E-state index in [9.17, 15) is 5.11 Å². The van der Waals surface area contributed by atoms with Gasteiger partial charge in [0.15, 0.2) is 0 Å². The molecule has 28 heavy (non-hydrogen) atoms. The molecule has 0 radical (unpaired) electrons. The molecule has 0 fully saturated rings. The molecule has 4 aromatic rings. The van der Waals surface area contributed by atoms with Crippen LogP contribution in [-0.4, -0.2) is 5.11 Å². The van der Waals surface area contributed by atoms with E-state index in [0.29, 0.717) is 14.3 Å². The molecule has 1 atom stereocenters. The highest BCUT2D eigenvalue weighted by Crippen LogP contribution is 2.36. The van der Waals surface area contributed by atoms with Crippen LogP contribution in [0.5, 0.6) is 5.75 Å². The monoisotopic (exact) mass is 383 g/mol. The molecule has 138 valence electrons. The van der Waals surface area contributed by atoms with E-state index in [-0.39, 0.29) is 0 Å². The first kappa shape index (κ1) is 18.3. The minimum atomic E-state index is 0.348. The summed E-state index contributed by atoms with van der Waals surface area (Å²) in [6.07, 6.45) is 0. The third-order valence-electron chi connectivity index (χ3n) is 4.68. The summed E-state index contributed by atoms with van der Waals surface area (Å²) in [7, 11) is 0.364. The summed E-state index contributed by atoms with van der Waals surface area (Å²) in [4.78, 5) is 2.29. The van der Waals surface area contributed by atoms with E-state index in [0.717, 1.165) is 22.4 Å². The number of rotatable bonds is 5. The van der Waals surface area contributed by atoms with E-state index in [4.69, 9.17) is 0 Å². The number of para-hydroxylation sites is 3. The van der Waals surface area contributed by atoms with Crippen LogP contribution in [0, 0.1) is 6.92 Å². The van der Waals surface area contributed by atoms with Crippen LogP contribution in [0.15, 0.2) is 103 Å². The van der Waals surface area contributed by atoms with E-state index in [1.165, 1.54) is 10.9 Å². The van der Waals surface area contributed by atoms with Crippen molar-refractivity contribution in [3.8, 4) is 5.75 Å². The van der Waals surface area contributed by atoms with Crippen molar-refractivity contribution in [3.05, 3.63) is 109 Å². The van der Waals surface area contributed by atoms with Gasteiger partial charge in [-0.25, -0.2) is 0 Å². The minimum Gasteiger partial charge on any atom is -0.507 e. The fourth-order valence-electron chi connectivity index (χ4n) is 3.30. The quantitative estimate of drug-likeness (QED) is 0.440. The second-order valence-corrected chi connectivity index (χ2v) is 7.91. The molecule has 0 amide bonds. The maximum absolute atomic E-state index is 10.3. The van der Waals surface area contributed by atoms with Gasteiger partial charge in [0.1, 0.15) is 5.75 Å². The predicted octanol–water partition coefficient (Wildman–Crippen LogP) is 5.80. The van der Waals surface area contributed by atoms with E-state index >= 15 is 0 Å². The molecular formula is C25H22NOP. The SMILES string of the molecule is Cc1cccc(N(c2ccccc2)c2ccccc2)c1Pc1ccccc1O. The van der Waals surface area contributed by atoms with Gasteiger partial charge in [0.25, 0.3) is 0 Å². The van der Waals surface area contributed by atoms with Crippen molar-refractivity contribution >= 4 is 36.3 Å².